The van der Waals surface area contributed by atoms with Crippen LogP contribution in [-0.4, -0.2) is 21.7 Å². The maximum absolute atomic E-state index is 12.1. The third-order valence-electron chi connectivity index (χ3n) is 3.72. The molecule has 3 rings (SSSR count). The Bertz CT molecular complexity index is 787. The lowest BCUT2D eigenvalue weighted by Gasteiger charge is -2.08. The summed E-state index contributed by atoms with van der Waals surface area (Å²) in [6.45, 7) is 2.13. The van der Waals surface area contributed by atoms with E-state index >= 15 is 0 Å². The van der Waals surface area contributed by atoms with Crippen LogP contribution in [0.4, 0.5) is 0 Å². The molecular weight excluding hydrogens is 320 g/mol. The van der Waals surface area contributed by atoms with E-state index in [4.69, 9.17) is 4.42 Å². The molecule has 0 aliphatic rings. The van der Waals surface area contributed by atoms with Crippen LogP contribution in [0.2, 0.25) is 0 Å². The first-order valence-electron chi connectivity index (χ1n) is 7.81. The van der Waals surface area contributed by atoms with Gasteiger partial charge in [0.25, 0.3) is 5.22 Å². The number of ketones is 1. The Morgan fingerprint density at radius 3 is 2.42 bits per heavy atom. The van der Waals surface area contributed by atoms with Crippen LogP contribution in [0, 0.1) is 0 Å². The summed E-state index contributed by atoms with van der Waals surface area (Å²) < 4.78 is 5.65. The van der Waals surface area contributed by atoms with E-state index < -0.39 is 0 Å². The maximum atomic E-state index is 12.1. The van der Waals surface area contributed by atoms with Crippen molar-refractivity contribution in [1.82, 2.24) is 10.2 Å². The monoisotopic (exact) mass is 338 g/mol. The third kappa shape index (κ3) is 4.32. The fourth-order valence-electron chi connectivity index (χ4n) is 2.38. The minimum atomic E-state index is 0.0537. The van der Waals surface area contributed by atoms with Gasteiger partial charge in [-0.15, -0.1) is 10.2 Å². The minimum absolute atomic E-state index is 0.0537. The molecule has 0 radical (unpaired) electrons. The average Bonchev–Trinajstić information content (AvgIpc) is 3.08. The van der Waals surface area contributed by atoms with Crippen LogP contribution in [0.15, 0.2) is 70.3 Å². The van der Waals surface area contributed by atoms with Crippen LogP contribution in [0.1, 0.15) is 34.7 Å². The predicted octanol–water partition coefficient (Wildman–Crippen LogP) is 4.39. The highest BCUT2D eigenvalue weighted by atomic mass is 32.2. The number of aromatic nitrogens is 2. The summed E-state index contributed by atoms with van der Waals surface area (Å²) in [6, 6.07) is 19.5. The van der Waals surface area contributed by atoms with E-state index in [0.29, 0.717) is 34.8 Å². The molecule has 122 valence electrons. The van der Waals surface area contributed by atoms with Gasteiger partial charge in [-0.2, -0.15) is 0 Å². The van der Waals surface area contributed by atoms with Crippen molar-refractivity contribution in [3.63, 3.8) is 0 Å². The highest BCUT2D eigenvalue weighted by molar-refractivity contribution is 7.99. The summed E-state index contributed by atoms with van der Waals surface area (Å²) in [5.41, 5.74) is 1.94. The van der Waals surface area contributed by atoms with Gasteiger partial charge in [-0.05, 0) is 11.5 Å². The quantitative estimate of drug-likeness (QED) is 0.472. The SMILES string of the molecule is CC(Cc1nnc(SCC(=O)c2ccccc2)o1)c1ccccc1. The van der Waals surface area contributed by atoms with Crippen molar-refractivity contribution in [2.24, 2.45) is 0 Å². The molecule has 0 spiro atoms. The number of thioether (sulfide) groups is 1. The van der Waals surface area contributed by atoms with Gasteiger partial charge in [-0.3, -0.25) is 4.79 Å². The Labute approximate surface area is 145 Å². The van der Waals surface area contributed by atoms with Crippen LogP contribution in [0.3, 0.4) is 0 Å². The van der Waals surface area contributed by atoms with Gasteiger partial charge in [-0.25, -0.2) is 0 Å². The normalized spacial score (nSPS) is 12.0. The first kappa shape index (κ1) is 16.5. The van der Waals surface area contributed by atoms with Crippen molar-refractivity contribution in [2.75, 3.05) is 5.75 Å². The Morgan fingerprint density at radius 1 is 1.04 bits per heavy atom. The van der Waals surface area contributed by atoms with Crippen LogP contribution in [-0.2, 0) is 6.42 Å². The second kappa shape index (κ2) is 7.93. The average molecular weight is 338 g/mol. The first-order valence-corrected chi connectivity index (χ1v) is 8.79. The van der Waals surface area contributed by atoms with Crippen LogP contribution in [0.25, 0.3) is 0 Å². The van der Waals surface area contributed by atoms with Gasteiger partial charge in [0.2, 0.25) is 5.89 Å². The fraction of sp³-hybridized carbons (Fsp3) is 0.211. The number of Topliss-reactive ketones (excluding diaryl/α,β-unsaturated/α-hetero) is 1. The van der Waals surface area contributed by atoms with Crippen molar-refractivity contribution >= 4 is 17.5 Å². The largest absolute Gasteiger partial charge is 0.416 e. The summed E-state index contributed by atoms with van der Waals surface area (Å²) in [5.74, 6) is 1.24. The van der Waals surface area contributed by atoms with Gasteiger partial charge in [0.1, 0.15) is 0 Å². The number of rotatable bonds is 7. The number of carbonyl (C=O) groups excluding carboxylic acids is 1. The standard InChI is InChI=1S/C19H18N2O2S/c1-14(15-8-4-2-5-9-15)12-18-20-21-19(23-18)24-13-17(22)16-10-6-3-7-11-16/h2-11,14H,12-13H2,1H3. The van der Waals surface area contributed by atoms with E-state index in [2.05, 4.69) is 29.3 Å². The number of nitrogens with zero attached hydrogens (tertiary/aromatic N) is 2. The first-order chi connectivity index (χ1) is 11.7. The van der Waals surface area contributed by atoms with Crippen molar-refractivity contribution in [3.05, 3.63) is 77.7 Å². The molecule has 0 aliphatic carbocycles. The fourth-order valence-corrected chi connectivity index (χ4v) is 3.05. The smallest absolute Gasteiger partial charge is 0.277 e. The van der Waals surface area contributed by atoms with Gasteiger partial charge in [0.15, 0.2) is 5.78 Å². The van der Waals surface area contributed by atoms with Gasteiger partial charge < -0.3 is 4.42 Å². The molecule has 0 fully saturated rings. The topological polar surface area (TPSA) is 56.0 Å². The van der Waals surface area contributed by atoms with E-state index in [1.807, 2.05) is 48.5 Å². The third-order valence-corrected chi connectivity index (χ3v) is 4.54. The molecule has 0 N–H and O–H groups in total. The van der Waals surface area contributed by atoms with Gasteiger partial charge in [0.05, 0.1) is 5.75 Å². The summed E-state index contributed by atoms with van der Waals surface area (Å²) >= 11 is 1.28. The van der Waals surface area contributed by atoms with Gasteiger partial charge in [0, 0.05) is 12.0 Å². The van der Waals surface area contributed by atoms with Crippen LogP contribution >= 0.6 is 11.8 Å². The molecule has 5 heteroatoms. The molecule has 4 nitrogen and oxygen atoms in total. The zero-order valence-corrected chi connectivity index (χ0v) is 14.2. The zero-order chi connectivity index (χ0) is 16.8. The second-order valence-electron chi connectivity index (χ2n) is 5.56. The van der Waals surface area contributed by atoms with E-state index in [-0.39, 0.29) is 5.78 Å². The second-order valence-corrected chi connectivity index (χ2v) is 6.48. The molecule has 0 saturated heterocycles. The molecule has 3 aromatic rings. The molecule has 2 aromatic carbocycles. The number of carbonyl (C=O) groups is 1. The molecule has 1 aromatic heterocycles. The van der Waals surface area contributed by atoms with E-state index in [0.717, 1.165) is 0 Å². The number of benzene rings is 2. The highest BCUT2D eigenvalue weighted by Gasteiger charge is 2.14. The highest BCUT2D eigenvalue weighted by Crippen LogP contribution is 2.22. The summed E-state index contributed by atoms with van der Waals surface area (Å²) in [6.07, 6.45) is 0.685. The summed E-state index contributed by atoms with van der Waals surface area (Å²) in [7, 11) is 0. The predicted molar refractivity (Wildman–Crippen MR) is 94.4 cm³/mol. The van der Waals surface area contributed by atoms with E-state index in [1.54, 1.807) is 0 Å². The Morgan fingerprint density at radius 2 is 1.71 bits per heavy atom. The molecule has 1 atom stereocenters. The van der Waals surface area contributed by atoms with Gasteiger partial charge in [-0.1, -0.05) is 79.3 Å². The maximum Gasteiger partial charge on any atom is 0.277 e. The molecule has 0 saturated carbocycles. The van der Waals surface area contributed by atoms with E-state index in [1.165, 1.54) is 17.3 Å². The lowest BCUT2D eigenvalue weighted by atomic mass is 9.98. The Kier molecular flexibility index (Phi) is 5.43. The van der Waals surface area contributed by atoms with Gasteiger partial charge >= 0.3 is 0 Å². The number of hydrogen-bond donors (Lipinski definition) is 0. The Hall–Kier alpha value is -2.40. The van der Waals surface area contributed by atoms with Crippen molar-refractivity contribution in [2.45, 2.75) is 24.5 Å². The summed E-state index contributed by atoms with van der Waals surface area (Å²) in [4.78, 5) is 12.1. The minimum Gasteiger partial charge on any atom is -0.416 e. The van der Waals surface area contributed by atoms with Crippen molar-refractivity contribution < 1.29 is 9.21 Å². The molecule has 24 heavy (non-hydrogen) atoms. The lowest BCUT2D eigenvalue weighted by Crippen LogP contribution is -2.01. The molecule has 1 heterocycles. The molecule has 1 unspecified atom stereocenters. The molecule has 0 amide bonds. The summed E-state index contributed by atoms with van der Waals surface area (Å²) in [5, 5.41) is 8.55. The Balaban J connectivity index is 1.55. The van der Waals surface area contributed by atoms with E-state index in [9.17, 15) is 4.79 Å². The van der Waals surface area contributed by atoms with Crippen molar-refractivity contribution in [3.8, 4) is 0 Å². The van der Waals surface area contributed by atoms with Crippen LogP contribution < -0.4 is 0 Å². The van der Waals surface area contributed by atoms with Crippen molar-refractivity contribution in [1.29, 1.82) is 0 Å². The number of hydrogen-bond acceptors (Lipinski definition) is 5. The molecular formula is C19H18N2O2S. The molecule has 0 bridgehead atoms. The van der Waals surface area contributed by atoms with Crippen LogP contribution in [0.5, 0.6) is 0 Å². The molecule has 0 aliphatic heterocycles. The zero-order valence-electron chi connectivity index (χ0n) is 13.4. The lowest BCUT2D eigenvalue weighted by molar-refractivity contribution is 0.102.